The minimum atomic E-state index is -1.30. The van der Waals surface area contributed by atoms with Crippen molar-refractivity contribution in [3.63, 3.8) is 0 Å². The topological polar surface area (TPSA) is 70.8 Å². The molecule has 3 aromatic carbocycles. The Bertz CT molecular complexity index is 1990. The van der Waals surface area contributed by atoms with Crippen LogP contribution in [-0.4, -0.2) is 15.5 Å². The summed E-state index contributed by atoms with van der Waals surface area (Å²) in [7, 11) is 0. The second kappa shape index (κ2) is 11.6. The molecule has 1 aliphatic carbocycles. The molecule has 45 heavy (non-hydrogen) atoms. The van der Waals surface area contributed by atoms with E-state index in [2.05, 4.69) is 41.7 Å². The maximum Gasteiger partial charge on any atom is 0.341 e. The van der Waals surface area contributed by atoms with Crippen LogP contribution in [0.15, 0.2) is 119 Å². The number of hydrogen-bond acceptors (Lipinski definition) is 4. The molecule has 7 rings (SSSR count). The standard InChI is InChI=1S/C38H31FN2O3S/c1-24-34(32(39)22-41-35(24)30(26-17-18-26)20-31(36(41)42)37(43)44)33-19-25(23-45-33)21-40-38(27-11-5-2-6-12-27,28-13-7-3-8-14-28)29-15-9-4-10-16-29/h2-16,19-20,22-23,26,40H,17-18,21H2,1H3,(H,43,44). The van der Waals surface area contributed by atoms with E-state index in [4.69, 9.17) is 0 Å². The number of nitrogens with one attached hydrogen (secondary N) is 1. The van der Waals surface area contributed by atoms with Gasteiger partial charge in [-0.15, -0.1) is 11.3 Å². The fourth-order valence-electron chi connectivity index (χ4n) is 6.52. The van der Waals surface area contributed by atoms with Crippen molar-refractivity contribution < 1.29 is 14.3 Å². The van der Waals surface area contributed by atoms with Crippen LogP contribution >= 0.6 is 11.3 Å². The lowest BCUT2D eigenvalue weighted by atomic mass is 9.77. The van der Waals surface area contributed by atoms with E-state index in [0.717, 1.165) is 51.7 Å². The Kier molecular flexibility index (Phi) is 7.43. The van der Waals surface area contributed by atoms with Crippen LogP contribution in [0.2, 0.25) is 0 Å². The zero-order valence-electron chi connectivity index (χ0n) is 24.7. The van der Waals surface area contributed by atoms with E-state index in [1.165, 1.54) is 21.8 Å². The first-order chi connectivity index (χ1) is 21.9. The first-order valence-electron chi connectivity index (χ1n) is 15.0. The molecule has 6 aromatic rings. The minimum Gasteiger partial charge on any atom is -0.477 e. The highest BCUT2D eigenvalue weighted by Gasteiger charge is 2.36. The molecule has 5 nitrogen and oxygen atoms in total. The molecule has 2 N–H and O–H groups in total. The minimum absolute atomic E-state index is 0.167. The summed E-state index contributed by atoms with van der Waals surface area (Å²) in [6, 6.07) is 34.6. The average molecular weight is 615 g/mol. The molecule has 3 heterocycles. The predicted molar refractivity (Wildman–Crippen MR) is 177 cm³/mol. The smallest absolute Gasteiger partial charge is 0.341 e. The summed E-state index contributed by atoms with van der Waals surface area (Å²) >= 11 is 1.46. The van der Waals surface area contributed by atoms with E-state index in [-0.39, 0.29) is 11.5 Å². The maximum atomic E-state index is 15.9. The number of aromatic carboxylic acids is 1. The molecule has 0 aliphatic heterocycles. The van der Waals surface area contributed by atoms with Crippen LogP contribution in [0.5, 0.6) is 0 Å². The number of carboxylic acids is 1. The number of carbonyl (C=O) groups is 1. The SMILES string of the molecule is Cc1c(-c2cc(CNC(c3ccccc3)(c3ccccc3)c3ccccc3)cs2)c(F)cn2c(=O)c(C(=O)O)cc(C3CC3)c12. The Morgan fingerprint density at radius 1 is 0.933 bits per heavy atom. The Balaban J connectivity index is 1.31. The molecular formula is C38H31FN2O3S. The van der Waals surface area contributed by atoms with E-state index in [0.29, 0.717) is 23.2 Å². The molecule has 0 radical (unpaired) electrons. The van der Waals surface area contributed by atoms with Gasteiger partial charge in [-0.25, -0.2) is 9.18 Å². The Morgan fingerprint density at radius 3 is 2.00 bits per heavy atom. The van der Waals surface area contributed by atoms with Gasteiger partial charge >= 0.3 is 5.97 Å². The van der Waals surface area contributed by atoms with Gasteiger partial charge in [-0.1, -0.05) is 91.0 Å². The maximum absolute atomic E-state index is 15.9. The van der Waals surface area contributed by atoms with Gasteiger partial charge < -0.3 is 5.11 Å². The largest absolute Gasteiger partial charge is 0.477 e. The normalized spacial score (nSPS) is 13.3. The van der Waals surface area contributed by atoms with Gasteiger partial charge in [-0.2, -0.15) is 0 Å². The van der Waals surface area contributed by atoms with E-state index in [1.54, 1.807) is 0 Å². The molecular weight excluding hydrogens is 583 g/mol. The van der Waals surface area contributed by atoms with Crippen molar-refractivity contribution in [2.24, 2.45) is 0 Å². The number of benzene rings is 3. The van der Waals surface area contributed by atoms with Crippen LogP contribution in [0.4, 0.5) is 4.39 Å². The van der Waals surface area contributed by atoms with Gasteiger partial charge in [-0.05, 0) is 76.6 Å². The van der Waals surface area contributed by atoms with Gasteiger partial charge in [0.1, 0.15) is 11.4 Å². The van der Waals surface area contributed by atoms with E-state index in [9.17, 15) is 14.7 Å². The molecule has 7 heteroatoms. The number of thiophene rings is 1. The lowest BCUT2D eigenvalue weighted by molar-refractivity contribution is 0.0694. The first kappa shape index (κ1) is 28.9. The number of nitrogens with zero attached hydrogens (tertiary/aromatic N) is 1. The molecule has 224 valence electrons. The van der Waals surface area contributed by atoms with Gasteiger partial charge in [-0.3, -0.25) is 14.5 Å². The Hall–Kier alpha value is -4.85. The molecule has 3 aromatic heterocycles. The summed E-state index contributed by atoms with van der Waals surface area (Å²) in [6.45, 7) is 2.33. The van der Waals surface area contributed by atoms with E-state index < -0.39 is 22.9 Å². The van der Waals surface area contributed by atoms with Crippen molar-refractivity contribution in [3.8, 4) is 10.4 Å². The molecule has 0 atom stereocenters. The fraction of sp³-hybridized carbons (Fsp3) is 0.158. The first-order valence-corrected chi connectivity index (χ1v) is 15.9. The van der Waals surface area contributed by atoms with Gasteiger partial charge in [0.05, 0.1) is 11.1 Å². The number of fused-ring (bicyclic) bond motifs is 1. The van der Waals surface area contributed by atoms with Crippen molar-refractivity contribution in [3.05, 3.63) is 170 Å². The fourth-order valence-corrected chi connectivity index (χ4v) is 7.54. The van der Waals surface area contributed by atoms with Gasteiger partial charge in [0.15, 0.2) is 0 Å². The van der Waals surface area contributed by atoms with Crippen LogP contribution in [0.3, 0.4) is 0 Å². The summed E-state index contributed by atoms with van der Waals surface area (Å²) in [4.78, 5) is 25.6. The molecule has 0 saturated heterocycles. The highest BCUT2D eigenvalue weighted by atomic mass is 32.1. The molecule has 0 bridgehead atoms. The van der Waals surface area contributed by atoms with Crippen LogP contribution in [0, 0.1) is 12.7 Å². The number of carboxylic acid groups (broad SMARTS) is 1. The van der Waals surface area contributed by atoms with Crippen molar-refractivity contribution in [2.45, 2.75) is 37.8 Å². The molecule has 0 spiro atoms. The van der Waals surface area contributed by atoms with Crippen LogP contribution in [0.25, 0.3) is 16.0 Å². The zero-order chi connectivity index (χ0) is 31.1. The van der Waals surface area contributed by atoms with E-state index >= 15 is 4.39 Å². The van der Waals surface area contributed by atoms with Crippen molar-refractivity contribution in [1.29, 1.82) is 0 Å². The molecule has 1 fully saturated rings. The highest BCUT2D eigenvalue weighted by molar-refractivity contribution is 7.13. The summed E-state index contributed by atoms with van der Waals surface area (Å²) in [5.74, 6) is -1.69. The van der Waals surface area contributed by atoms with Crippen molar-refractivity contribution in [1.82, 2.24) is 9.72 Å². The molecule has 1 saturated carbocycles. The third-order valence-electron chi connectivity index (χ3n) is 8.80. The Morgan fingerprint density at radius 2 is 1.49 bits per heavy atom. The molecule has 0 unspecified atom stereocenters. The van der Waals surface area contributed by atoms with Crippen molar-refractivity contribution >= 4 is 22.8 Å². The monoisotopic (exact) mass is 614 g/mol. The summed E-state index contributed by atoms with van der Waals surface area (Å²) in [5.41, 5.74) is 5.11. The number of hydrogen-bond donors (Lipinski definition) is 2. The quantitative estimate of drug-likeness (QED) is 0.161. The van der Waals surface area contributed by atoms with Gasteiger partial charge in [0, 0.05) is 23.2 Å². The van der Waals surface area contributed by atoms with Gasteiger partial charge in [0.25, 0.3) is 5.56 Å². The van der Waals surface area contributed by atoms with E-state index in [1.807, 2.05) is 73.0 Å². The van der Waals surface area contributed by atoms with Crippen LogP contribution in [-0.2, 0) is 12.1 Å². The van der Waals surface area contributed by atoms with Gasteiger partial charge in [0.2, 0.25) is 0 Å². The number of rotatable bonds is 9. The zero-order valence-corrected chi connectivity index (χ0v) is 25.5. The summed E-state index contributed by atoms with van der Waals surface area (Å²) in [6.07, 6.45) is 2.99. The summed E-state index contributed by atoms with van der Waals surface area (Å²) in [5, 5.41) is 15.6. The number of aromatic nitrogens is 1. The molecule has 1 aliphatic rings. The number of pyridine rings is 2. The molecule has 0 amide bonds. The third kappa shape index (κ3) is 5.08. The lowest BCUT2D eigenvalue weighted by Crippen LogP contribution is -2.44. The van der Waals surface area contributed by atoms with Crippen molar-refractivity contribution in [2.75, 3.05) is 0 Å². The second-order valence-electron chi connectivity index (χ2n) is 11.6. The third-order valence-corrected chi connectivity index (χ3v) is 9.80. The summed E-state index contributed by atoms with van der Waals surface area (Å²) < 4.78 is 17.0. The van der Waals surface area contributed by atoms with Crippen LogP contribution < -0.4 is 10.9 Å². The number of aryl methyl sites for hydroxylation is 1. The Labute approximate surface area is 264 Å². The highest BCUT2D eigenvalue weighted by Crippen LogP contribution is 2.44. The lowest BCUT2D eigenvalue weighted by Gasteiger charge is -2.37. The predicted octanol–water partition coefficient (Wildman–Crippen LogP) is 8.13. The van der Waals surface area contributed by atoms with Crippen LogP contribution in [0.1, 0.15) is 62.5 Å². The number of halogens is 1. The average Bonchev–Trinajstić information content (AvgIpc) is 3.81. The second-order valence-corrected chi connectivity index (χ2v) is 12.5.